The molecule has 2 atom stereocenters. The number of H-pyrrole nitrogens is 1. The van der Waals surface area contributed by atoms with Crippen molar-refractivity contribution in [2.75, 3.05) is 13.1 Å². The van der Waals surface area contributed by atoms with Gasteiger partial charge in [0.1, 0.15) is 5.82 Å². The van der Waals surface area contributed by atoms with Crippen LogP contribution in [0.15, 0.2) is 24.3 Å². The van der Waals surface area contributed by atoms with Gasteiger partial charge in [-0.25, -0.2) is 4.98 Å². The van der Waals surface area contributed by atoms with E-state index in [1.54, 1.807) is 0 Å². The maximum atomic E-state index is 12.5. The largest absolute Gasteiger partial charge is 0.342 e. The number of piperidine rings is 1. The first kappa shape index (κ1) is 15.0. The van der Waals surface area contributed by atoms with Crippen LogP contribution in [0.25, 0.3) is 11.0 Å². The van der Waals surface area contributed by atoms with Crippen LogP contribution in [0, 0.1) is 5.92 Å². The van der Waals surface area contributed by atoms with Crippen LogP contribution in [-0.4, -0.2) is 39.9 Å². The van der Waals surface area contributed by atoms with Crippen LogP contribution in [0.2, 0.25) is 0 Å². The molecule has 2 heterocycles. The molecule has 1 aromatic carbocycles. The van der Waals surface area contributed by atoms with Crippen LogP contribution >= 0.6 is 0 Å². The van der Waals surface area contributed by atoms with Gasteiger partial charge in [-0.2, -0.15) is 0 Å². The lowest BCUT2D eigenvalue weighted by molar-refractivity contribution is -0.135. The van der Waals surface area contributed by atoms with Crippen LogP contribution < -0.4 is 5.73 Å². The summed E-state index contributed by atoms with van der Waals surface area (Å²) in [7, 11) is 0. The Kier molecular flexibility index (Phi) is 4.43. The maximum Gasteiger partial charge on any atom is 0.223 e. The first-order valence-electron chi connectivity index (χ1n) is 8.10. The highest BCUT2D eigenvalue weighted by molar-refractivity contribution is 5.77. The lowest BCUT2D eigenvalue weighted by Crippen LogP contribution is -2.49. The third kappa shape index (κ3) is 3.14. The molecule has 1 amide bonds. The summed E-state index contributed by atoms with van der Waals surface area (Å²) < 4.78 is 0. The Balaban J connectivity index is 1.61. The molecular formula is C17H24N4O. The second-order valence-corrected chi connectivity index (χ2v) is 6.31. The molecule has 1 fully saturated rings. The van der Waals surface area contributed by atoms with E-state index in [0.717, 1.165) is 36.2 Å². The van der Waals surface area contributed by atoms with Crippen LogP contribution in [0.5, 0.6) is 0 Å². The molecule has 2 aromatic rings. The standard InChI is InChI=1S/C17H24N4O/c1-12-8-9-21(13(10-12)11-18)17(22)7-6-16-19-14-4-2-3-5-15(14)20-16/h2-5,12-13H,6-11,18H2,1H3,(H,19,20). The SMILES string of the molecule is CC1CCN(C(=O)CCc2nc3ccccc3[nH]2)C(CN)C1. The Hall–Kier alpha value is -1.88. The normalized spacial score (nSPS) is 22.2. The van der Waals surface area contributed by atoms with Crippen LogP contribution in [-0.2, 0) is 11.2 Å². The quantitative estimate of drug-likeness (QED) is 0.908. The number of nitrogens with one attached hydrogen (secondary N) is 1. The summed E-state index contributed by atoms with van der Waals surface area (Å²) in [6.07, 6.45) is 3.24. The van der Waals surface area contributed by atoms with Gasteiger partial charge in [-0.15, -0.1) is 0 Å². The number of nitrogens with zero attached hydrogens (tertiary/aromatic N) is 2. The molecule has 3 N–H and O–H groups in total. The Morgan fingerprint density at radius 1 is 1.45 bits per heavy atom. The van der Waals surface area contributed by atoms with E-state index in [1.807, 2.05) is 29.2 Å². The van der Waals surface area contributed by atoms with Crippen LogP contribution in [0.4, 0.5) is 0 Å². The first-order chi connectivity index (χ1) is 10.7. The number of amides is 1. The topological polar surface area (TPSA) is 75.0 Å². The Morgan fingerprint density at radius 2 is 2.27 bits per heavy atom. The number of para-hydroxylation sites is 2. The number of hydrogen-bond donors (Lipinski definition) is 2. The molecule has 1 aromatic heterocycles. The molecule has 0 aliphatic carbocycles. The van der Waals surface area contributed by atoms with Crippen molar-refractivity contribution in [2.24, 2.45) is 11.7 Å². The molecular weight excluding hydrogens is 276 g/mol. The summed E-state index contributed by atoms with van der Waals surface area (Å²) in [6, 6.07) is 8.14. The van der Waals surface area contributed by atoms with Gasteiger partial charge in [-0.05, 0) is 30.9 Å². The number of carbonyl (C=O) groups is 1. The molecule has 22 heavy (non-hydrogen) atoms. The molecule has 1 aliphatic heterocycles. The van der Waals surface area contributed by atoms with Gasteiger partial charge < -0.3 is 15.6 Å². The highest BCUT2D eigenvalue weighted by atomic mass is 16.2. The molecule has 5 nitrogen and oxygen atoms in total. The predicted octanol–water partition coefficient (Wildman–Crippen LogP) is 2.08. The molecule has 5 heteroatoms. The number of imidazole rings is 1. The van der Waals surface area contributed by atoms with E-state index in [0.29, 0.717) is 25.3 Å². The van der Waals surface area contributed by atoms with Gasteiger partial charge in [0.15, 0.2) is 0 Å². The molecule has 2 unspecified atom stereocenters. The minimum Gasteiger partial charge on any atom is -0.342 e. The number of fused-ring (bicyclic) bond motifs is 1. The van der Waals surface area contributed by atoms with Crippen molar-refractivity contribution < 1.29 is 4.79 Å². The zero-order valence-corrected chi connectivity index (χ0v) is 13.1. The summed E-state index contributed by atoms with van der Waals surface area (Å²) in [6.45, 7) is 3.63. The minimum atomic E-state index is 0.197. The van der Waals surface area contributed by atoms with Crippen molar-refractivity contribution in [3.8, 4) is 0 Å². The first-order valence-corrected chi connectivity index (χ1v) is 8.10. The summed E-state index contributed by atoms with van der Waals surface area (Å²) >= 11 is 0. The number of carbonyl (C=O) groups excluding carboxylic acids is 1. The van der Waals surface area contributed by atoms with Crippen molar-refractivity contribution in [3.05, 3.63) is 30.1 Å². The monoisotopic (exact) mass is 300 g/mol. The molecule has 1 aliphatic rings. The average Bonchev–Trinajstić information content (AvgIpc) is 2.95. The fourth-order valence-electron chi connectivity index (χ4n) is 3.30. The van der Waals surface area contributed by atoms with Crippen molar-refractivity contribution in [3.63, 3.8) is 0 Å². The number of benzene rings is 1. The molecule has 3 rings (SSSR count). The van der Waals surface area contributed by atoms with E-state index in [9.17, 15) is 4.79 Å². The number of aromatic amines is 1. The zero-order valence-electron chi connectivity index (χ0n) is 13.1. The lowest BCUT2D eigenvalue weighted by atomic mass is 9.92. The molecule has 0 spiro atoms. The Labute approximate surface area is 130 Å². The fraction of sp³-hybridized carbons (Fsp3) is 0.529. The third-order valence-electron chi connectivity index (χ3n) is 4.58. The minimum absolute atomic E-state index is 0.197. The van der Waals surface area contributed by atoms with Gasteiger partial charge in [-0.3, -0.25) is 4.79 Å². The van der Waals surface area contributed by atoms with Crippen molar-refractivity contribution in [1.82, 2.24) is 14.9 Å². The van der Waals surface area contributed by atoms with Crippen molar-refractivity contribution in [1.29, 1.82) is 0 Å². The number of nitrogens with two attached hydrogens (primary N) is 1. The van der Waals surface area contributed by atoms with Gasteiger partial charge in [0.2, 0.25) is 5.91 Å². The van der Waals surface area contributed by atoms with Gasteiger partial charge >= 0.3 is 0 Å². The molecule has 0 bridgehead atoms. The Bertz CT molecular complexity index is 618. The second-order valence-electron chi connectivity index (χ2n) is 6.31. The third-order valence-corrected chi connectivity index (χ3v) is 4.58. The summed E-state index contributed by atoms with van der Waals surface area (Å²) in [5, 5.41) is 0. The number of aromatic nitrogens is 2. The molecule has 118 valence electrons. The summed E-state index contributed by atoms with van der Waals surface area (Å²) in [5.41, 5.74) is 7.82. The summed E-state index contributed by atoms with van der Waals surface area (Å²) in [4.78, 5) is 22.3. The van der Waals surface area contributed by atoms with E-state index >= 15 is 0 Å². The zero-order chi connectivity index (χ0) is 15.5. The van der Waals surface area contributed by atoms with E-state index in [2.05, 4.69) is 16.9 Å². The number of aryl methyl sites for hydroxylation is 1. The Morgan fingerprint density at radius 3 is 3.05 bits per heavy atom. The van der Waals surface area contributed by atoms with Gasteiger partial charge in [0.05, 0.1) is 11.0 Å². The molecule has 0 radical (unpaired) electrons. The van der Waals surface area contributed by atoms with E-state index in [1.165, 1.54) is 0 Å². The number of likely N-dealkylation sites (tertiary alicyclic amines) is 1. The van der Waals surface area contributed by atoms with Gasteiger partial charge in [0, 0.05) is 32.0 Å². The van der Waals surface area contributed by atoms with Gasteiger partial charge in [-0.1, -0.05) is 19.1 Å². The highest BCUT2D eigenvalue weighted by Gasteiger charge is 2.28. The van der Waals surface area contributed by atoms with Crippen LogP contribution in [0.1, 0.15) is 32.0 Å². The smallest absolute Gasteiger partial charge is 0.223 e. The maximum absolute atomic E-state index is 12.5. The van der Waals surface area contributed by atoms with Gasteiger partial charge in [0.25, 0.3) is 0 Å². The lowest BCUT2D eigenvalue weighted by Gasteiger charge is -2.38. The molecule has 0 saturated carbocycles. The highest BCUT2D eigenvalue weighted by Crippen LogP contribution is 2.23. The van der Waals surface area contributed by atoms with Crippen molar-refractivity contribution in [2.45, 2.75) is 38.6 Å². The number of rotatable bonds is 4. The fourth-order valence-corrected chi connectivity index (χ4v) is 3.30. The second kappa shape index (κ2) is 6.48. The number of hydrogen-bond acceptors (Lipinski definition) is 3. The molecule has 1 saturated heterocycles. The van der Waals surface area contributed by atoms with Crippen LogP contribution in [0.3, 0.4) is 0 Å². The van der Waals surface area contributed by atoms with E-state index < -0.39 is 0 Å². The van der Waals surface area contributed by atoms with E-state index in [4.69, 9.17) is 5.73 Å². The predicted molar refractivity (Wildman–Crippen MR) is 87.4 cm³/mol. The average molecular weight is 300 g/mol. The van der Waals surface area contributed by atoms with E-state index in [-0.39, 0.29) is 11.9 Å². The summed E-state index contributed by atoms with van der Waals surface area (Å²) in [5.74, 6) is 1.74. The van der Waals surface area contributed by atoms with Crippen molar-refractivity contribution >= 4 is 16.9 Å².